The number of fused-ring (bicyclic) bond motifs is 1. The summed E-state index contributed by atoms with van der Waals surface area (Å²) >= 11 is 0. The molecular weight excluding hydrogens is 328 g/mol. The maximum atomic E-state index is 11.7. The lowest BCUT2D eigenvalue weighted by atomic mass is 9.91. The third-order valence-corrected chi connectivity index (χ3v) is 4.79. The predicted molar refractivity (Wildman–Crippen MR) is 105 cm³/mol. The molecule has 1 aliphatic rings. The average Bonchev–Trinajstić information content (AvgIpc) is 2.54. The summed E-state index contributed by atoms with van der Waals surface area (Å²) in [6.07, 6.45) is 11.2. The Hall–Kier alpha value is -2.23. The van der Waals surface area contributed by atoms with E-state index in [0.29, 0.717) is 23.3 Å². The molecule has 0 unspecified atom stereocenters. The molecule has 4 nitrogen and oxygen atoms in total. The fourth-order valence-electron chi connectivity index (χ4n) is 3.29. The second-order valence-electron chi connectivity index (χ2n) is 7.50. The largest absolute Gasteiger partial charge is 0.506 e. The number of rotatable bonds is 8. The van der Waals surface area contributed by atoms with Crippen LogP contribution in [-0.4, -0.2) is 21.8 Å². The van der Waals surface area contributed by atoms with E-state index in [-0.39, 0.29) is 11.3 Å². The van der Waals surface area contributed by atoms with E-state index in [2.05, 4.69) is 26.8 Å². The van der Waals surface area contributed by atoms with E-state index in [1.54, 1.807) is 12.1 Å². The third-order valence-electron chi connectivity index (χ3n) is 4.79. The first kappa shape index (κ1) is 20.1. The number of ether oxygens (including phenoxy) is 1. The maximum Gasteiger partial charge on any atom is 0.339 e. The molecule has 0 saturated carbocycles. The number of hydrogen-bond donors (Lipinski definition) is 2. The summed E-state index contributed by atoms with van der Waals surface area (Å²) < 4.78 is 6.19. The van der Waals surface area contributed by atoms with Crippen molar-refractivity contribution >= 4 is 12.0 Å². The van der Waals surface area contributed by atoms with Gasteiger partial charge in [0.15, 0.2) is 0 Å². The molecule has 0 radical (unpaired) electrons. The van der Waals surface area contributed by atoms with Gasteiger partial charge in [0.05, 0.1) is 5.56 Å². The maximum absolute atomic E-state index is 11.7. The standard InChI is InChI=1S/C22H30O4/c1-5-6-7-10-16-14-18-17(20(23)19(16)21(24)25)11-13-22(4,26-18)12-8-9-15(2)3/h9,11,13-14,23H,5-8,10,12H2,1-4H3,(H,24,25)/t22-/m1/s1. The molecule has 4 heteroatoms. The molecule has 1 atom stereocenters. The highest BCUT2D eigenvalue weighted by atomic mass is 16.5. The number of aryl methyl sites for hydroxylation is 1. The molecule has 0 aromatic heterocycles. The normalized spacial score (nSPS) is 18.2. The molecule has 26 heavy (non-hydrogen) atoms. The molecule has 1 aromatic rings. The molecule has 1 aromatic carbocycles. The minimum atomic E-state index is -1.10. The van der Waals surface area contributed by atoms with Gasteiger partial charge in [-0.15, -0.1) is 0 Å². The highest BCUT2D eigenvalue weighted by Crippen LogP contribution is 2.42. The van der Waals surface area contributed by atoms with Crippen molar-refractivity contribution in [2.75, 3.05) is 0 Å². The van der Waals surface area contributed by atoms with Crippen molar-refractivity contribution in [1.82, 2.24) is 0 Å². The first-order chi connectivity index (χ1) is 12.3. The zero-order chi connectivity index (χ0) is 19.3. The number of allylic oxidation sites excluding steroid dienone is 2. The van der Waals surface area contributed by atoms with Gasteiger partial charge in [-0.25, -0.2) is 4.79 Å². The quantitative estimate of drug-likeness (QED) is 0.460. The topological polar surface area (TPSA) is 66.8 Å². The zero-order valence-electron chi connectivity index (χ0n) is 16.3. The highest BCUT2D eigenvalue weighted by Gasteiger charge is 2.31. The van der Waals surface area contributed by atoms with Crippen LogP contribution in [0.1, 0.15) is 81.3 Å². The van der Waals surface area contributed by atoms with Crippen LogP contribution in [0.2, 0.25) is 0 Å². The fourth-order valence-corrected chi connectivity index (χ4v) is 3.29. The molecule has 2 rings (SSSR count). The van der Waals surface area contributed by atoms with Crippen molar-refractivity contribution in [1.29, 1.82) is 0 Å². The monoisotopic (exact) mass is 358 g/mol. The molecule has 0 aliphatic carbocycles. The van der Waals surface area contributed by atoms with Crippen molar-refractivity contribution < 1.29 is 19.7 Å². The summed E-state index contributed by atoms with van der Waals surface area (Å²) in [4.78, 5) is 11.7. The molecule has 1 heterocycles. The number of hydrogen-bond acceptors (Lipinski definition) is 3. The Morgan fingerprint density at radius 1 is 1.31 bits per heavy atom. The molecule has 0 amide bonds. The van der Waals surface area contributed by atoms with Crippen molar-refractivity contribution in [3.63, 3.8) is 0 Å². The molecule has 2 N–H and O–H groups in total. The van der Waals surface area contributed by atoms with Crippen LogP contribution in [0.4, 0.5) is 0 Å². The van der Waals surface area contributed by atoms with E-state index in [1.165, 1.54) is 5.57 Å². The molecule has 1 aliphatic heterocycles. The van der Waals surface area contributed by atoms with E-state index in [9.17, 15) is 15.0 Å². The van der Waals surface area contributed by atoms with Gasteiger partial charge in [0.1, 0.15) is 22.7 Å². The SMILES string of the molecule is CCCCCc1cc2c(c(O)c1C(=O)O)C=C[C@@](C)(CCC=C(C)C)O2. The molecule has 0 spiro atoms. The molecule has 142 valence electrons. The van der Waals surface area contributed by atoms with Crippen molar-refractivity contribution in [3.8, 4) is 11.5 Å². The van der Waals surface area contributed by atoms with Crippen LogP contribution in [0.15, 0.2) is 23.8 Å². The minimum Gasteiger partial charge on any atom is -0.506 e. The minimum absolute atomic E-state index is 0.00115. The Balaban J connectivity index is 2.34. The predicted octanol–water partition coefficient (Wildman–Crippen LogP) is 5.73. The van der Waals surface area contributed by atoms with Crippen LogP contribution in [0.3, 0.4) is 0 Å². The molecule has 0 saturated heterocycles. The number of benzene rings is 1. The van der Waals surface area contributed by atoms with Crippen LogP contribution in [0.25, 0.3) is 6.08 Å². The van der Waals surface area contributed by atoms with Crippen molar-refractivity contribution in [3.05, 3.63) is 40.5 Å². The first-order valence-corrected chi connectivity index (χ1v) is 9.41. The number of carboxylic acid groups (broad SMARTS) is 1. The summed E-state index contributed by atoms with van der Waals surface area (Å²) in [6.45, 7) is 8.27. The summed E-state index contributed by atoms with van der Waals surface area (Å²) in [7, 11) is 0. The lowest BCUT2D eigenvalue weighted by Crippen LogP contribution is -2.32. The molecular formula is C22H30O4. The van der Waals surface area contributed by atoms with E-state index < -0.39 is 11.6 Å². The van der Waals surface area contributed by atoms with Gasteiger partial charge in [-0.1, -0.05) is 31.4 Å². The van der Waals surface area contributed by atoms with Crippen LogP contribution >= 0.6 is 0 Å². The van der Waals surface area contributed by atoms with Gasteiger partial charge >= 0.3 is 5.97 Å². The summed E-state index contributed by atoms with van der Waals surface area (Å²) in [5.74, 6) is -0.715. The van der Waals surface area contributed by atoms with Gasteiger partial charge in [0.2, 0.25) is 0 Å². The van der Waals surface area contributed by atoms with Crippen molar-refractivity contribution in [2.45, 2.75) is 71.8 Å². The summed E-state index contributed by atoms with van der Waals surface area (Å²) in [5, 5.41) is 20.1. The van der Waals surface area contributed by atoms with Gasteiger partial charge in [-0.2, -0.15) is 0 Å². The number of aromatic hydroxyl groups is 1. The van der Waals surface area contributed by atoms with E-state index in [1.807, 2.05) is 13.0 Å². The Kier molecular flexibility index (Phi) is 6.52. The summed E-state index contributed by atoms with van der Waals surface area (Å²) in [5.41, 5.74) is 1.92. The van der Waals surface area contributed by atoms with Crippen LogP contribution < -0.4 is 4.74 Å². The molecule has 0 fully saturated rings. The Bertz CT molecular complexity index is 726. The van der Waals surface area contributed by atoms with Gasteiger partial charge in [-0.05, 0) is 70.2 Å². The van der Waals surface area contributed by atoms with E-state index in [0.717, 1.165) is 32.1 Å². The van der Waals surface area contributed by atoms with Gasteiger partial charge < -0.3 is 14.9 Å². The first-order valence-electron chi connectivity index (χ1n) is 9.41. The van der Waals surface area contributed by atoms with Gasteiger partial charge in [0, 0.05) is 0 Å². The molecule has 0 bridgehead atoms. The number of phenols is 1. The third kappa shape index (κ3) is 4.69. The second-order valence-corrected chi connectivity index (χ2v) is 7.50. The Morgan fingerprint density at radius 2 is 2.04 bits per heavy atom. The van der Waals surface area contributed by atoms with Crippen LogP contribution in [0.5, 0.6) is 11.5 Å². The highest BCUT2D eigenvalue weighted by molar-refractivity contribution is 5.95. The van der Waals surface area contributed by atoms with Crippen LogP contribution in [0, 0.1) is 0 Å². The summed E-state index contributed by atoms with van der Waals surface area (Å²) in [6, 6.07) is 1.80. The fraction of sp³-hybridized carbons (Fsp3) is 0.500. The van der Waals surface area contributed by atoms with Gasteiger partial charge in [0.25, 0.3) is 0 Å². The lowest BCUT2D eigenvalue weighted by Gasteiger charge is -2.32. The second kappa shape index (κ2) is 8.43. The Labute approximate surface area is 156 Å². The van der Waals surface area contributed by atoms with Gasteiger partial charge in [-0.3, -0.25) is 0 Å². The van der Waals surface area contributed by atoms with E-state index >= 15 is 0 Å². The number of unbranched alkanes of at least 4 members (excludes halogenated alkanes) is 2. The number of carbonyl (C=O) groups is 1. The number of carboxylic acids is 1. The zero-order valence-corrected chi connectivity index (χ0v) is 16.3. The smallest absolute Gasteiger partial charge is 0.339 e. The average molecular weight is 358 g/mol. The van der Waals surface area contributed by atoms with E-state index in [4.69, 9.17) is 4.74 Å². The van der Waals surface area contributed by atoms with Crippen LogP contribution in [-0.2, 0) is 6.42 Å². The Morgan fingerprint density at radius 3 is 2.65 bits per heavy atom. The van der Waals surface area contributed by atoms with Crippen molar-refractivity contribution in [2.24, 2.45) is 0 Å². The number of aromatic carboxylic acids is 1. The lowest BCUT2D eigenvalue weighted by molar-refractivity contribution is 0.0692.